The zero-order chi connectivity index (χ0) is 13.8. The summed E-state index contributed by atoms with van der Waals surface area (Å²) in [4.78, 5) is 11.3. The number of amides is 1. The molecule has 1 amide bonds. The van der Waals surface area contributed by atoms with Crippen LogP contribution in [-0.4, -0.2) is 5.91 Å². The van der Waals surface area contributed by atoms with E-state index in [4.69, 9.17) is 23.1 Å². The Morgan fingerprint density at radius 3 is 2.68 bits per heavy atom. The van der Waals surface area contributed by atoms with Gasteiger partial charge in [-0.05, 0) is 35.9 Å². The molecule has 5 heteroatoms. The van der Waals surface area contributed by atoms with Crippen LogP contribution in [0.15, 0.2) is 42.5 Å². The molecule has 2 aromatic rings. The fourth-order valence-electron chi connectivity index (χ4n) is 1.77. The minimum atomic E-state index is -0.516. The van der Waals surface area contributed by atoms with Crippen LogP contribution in [0.2, 0.25) is 5.02 Å². The molecule has 0 atom stereocenters. The molecule has 98 valence electrons. The summed E-state index contributed by atoms with van der Waals surface area (Å²) in [5, 5.41) is 3.63. The van der Waals surface area contributed by atoms with Crippen molar-refractivity contribution in [2.45, 2.75) is 6.54 Å². The zero-order valence-electron chi connectivity index (χ0n) is 10.2. The molecule has 4 nitrogen and oxygen atoms in total. The van der Waals surface area contributed by atoms with Crippen LogP contribution in [0.4, 0.5) is 11.4 Å². The van der Waals surface area contributed by atoms with Gasteiger partial charge in [0.15, 0.2) is 0 Å². The number of carbonyl (C=O) groups excluding carboxylic acids is 1. The van der Waals surface area contributed by atoms with Crippen molar-refractivity contribution in [1.29, 1.82) is 0 Å². The highest BCUT2D eigenvalue weighted by atomic mass is 35.5. The first-order valence-electron chi connectivity index (χ1n) is 5.74. The monoisotopic (exact) mass is 275 g/mol. The van der Waals surface area contributed by atoms with Gasteiger partial charge in [0.05, 0.1) is 5.56 Å². The molecule has 0 aliphatic heterocycles. The smallest absolute Gasteiger partial charge is 0.250 e. The van der Waals surface area contributed by atoms with Gasteiger partial charge in [0, 0.05) is 22.9 Å². The van der Waals surface area contributed by atoms with Crippen molar-refractivity contribution >= 4 is 28.9 Å². The average Bonchev–Trinajstić information content (AvgIpc) is 2.37. The fourth-order valence-corrected chi connectivity index (χ4v) is 1.95. The summed E-state index contributed by atoms with van der Waals surface area (Å²) in [5.41, 5.74) is 13.8. The average molecular weight is 276 g/mol. The van der Waals surface area contributed by atoms with Crippen LogP contribution in [0.25, 0.3) is 0 Å². The fraction of sp³-hybridized carbons (Fsp3) is 0.0714. The van der Waals surface area contributed by atoms with Gasteiger partial charge >= 0.3 is 0 Å². The van der Waals surface area contributed by atoms with Gasteiger partial charge in [-0.1, -0.05) is 23.7 Å². The van der Waals surface area contributed by atoms with Crippen LogP contribution in [0.3, 0.4) is 0 Å². The maximum atomic E-state index is 11.3. The van der Waals surface area contributed by atoms with Crippen molar-refractivity contribution < 1.29 is 4.79 Å². The van der Waals surface area contributed by atoms with E-state index in [0.29, 0.717) is 28.5 Å². The quantitative estimate of drug-likeness (QED) is 0.750. The number of primary amides is 1. The Morgan fingerprint density at radius 1 is 1.21 bits per heavy atom. The highest BCUT2D eigenvalue weighted by molar-refractivity contribution is 6.31. The topological polar surface area (TPSA) is 81.1 Å². The summed E-state index contributed by atoms with van der Waals surface area (Å²) in [6.45, 7) is 0.549. The Morgan fingerprint density at radius 2 is 2.00 bits per heavy atom. The molecule has 0 aliphatic carbocycles. The van der Waals surface area contributed by atoms with E-state index in [2.05, 4.69) is 5.32 Å². The van der Waals surface area contributed by atoms with Crippen LogP contribution >= 0.6 is 11.6 Å². The van der Waals surface area contributed by atoms with Gasteiger partial charge < -0.3 is 16.8 Å². The van der Waals surface area contributed by atoms with Gasteiger partial charge in [-0.25, -0.2) is 0 Å². The van der Waals surface area contributed by atoms with E-state index in [1.165, 1.54) is 0 Å². The van der Waals surface area contributed by atoms with Gasteiger partial charge in [-0.15, -0.1) is 0 Å². The van der Waals surface area contributed by atoms with E-state index in [-0.39, 0.29) is 0 Å². The first kappa shape index (κ1) is 13.2. The standard InChI is InChI=1S/C14H14ClN3O/c15-10-4-5-13(12(7-10)14(17)19)18-8-9-2-1-3-11(16)6-9/h1-7,18H,8,16H2,(H2,17,19). The number of anilines is 2. The lowest BCUT2D eigenvalue weighted by Gasteiger charge is -2.11. The Hall–Kier alpha value is -2.20. The van der Waals surface area contributed by atoms with Crippen molar-refractivity contribution in [2.24, 2.45) is 5.73 Å². The number of benzene rings is 2. The summed E-state index contributed by atoms with van der Waals surface area (Å²) >= 11 is 5.85. The molecule has 0 unspecified atom stereocenters. The van der Waals surface area contributed by atoms with Gasteiger partial charge in [-0.3, -0.25) is 4.79 Å². The molecule has 0 heterocycles. The Balaban J connectivity index is 2.17. The van der Waals surface area contributed by atoms with E-state index in [1.54, 1.807) is 18.2 Å². The first-order valence-corrected chi connectivity index (χ1v) is 6.11. The van der Waals surface area contributed by atoms with Crippen LogP contribution in [-0.2, 0) is 6.54 Å². The third-order valence-corrected chi connectivity index (χ3v) is 2.92. The minimum Gasteiger partial charge on any atom is -0.399 e. The molecule has 0 bridgehead atoms. The summed E-state index contributed by atoms with van der Waals surface area (Å²) < 4.78 is 0. The van der Waals surface area contributed by atoms with Gasteiger partial charge in [0.25, 0.3) is 5.91 Å². The Kier molecular flexibility index (Phi) is 3.92. The lowest BCUT2D eigenvalue weighted by Crippen LogP contribution is -2.14. The van der Waals surface area contributed by atoms with Gasteiger partial charge in [-0.2, -0.15) is 0 Å². The second-order valence-corrected chi connectivity index (χ2v) is 4.59. The normalized spacial score (nSPS) is 10.2. The number of nitrogen functional groups attached to an aromatic ring is 1. The maximum absolute atomic E-state index is 11.3. The van der Waals surface area contributed by atoms with Crippen molar-refractivity contribution in [3.63, 3.8) is 0 Å². The largest absolute Gasteiger partial charge is 0.399 e. The lowest BCUT2D eigenvalue weighted by molar-refractivity contribution is 0.100. The number of carbonyl (C=O) groups is 1. The predicted octanol–water partition coefficient (Wildman–Crippen LogP) is 2.63. The highest BCUT2D eigenvalue weighted by Gasteiger charge is 2.08. The molecule has 0 aromatic heterocycles. The molecule has 0 saturated heterocycles. The zero-order valence-corrected chi connectivity index (χ0v) is 10.9. The second-order valence-electron chi connectivity index (χ2n) is 4.15. The number of rotatable bonds is 4. The Labute approximate surface area is 116 Å². The highest BCUT2D eigenvalue weighted by Crippen LogP contribution is 2.21. The van der Waals surface area contributed by atoms with E-state index in [0.717, 1.165) is 5.56 Å². The summed E-state index contributed by atoms with van der Waals surface area (Å²) in [6.07, 6.45) is 0. The van der Waals surface area contributed by atoms with Crippen molar-refractivity contribution in [3.05, 3.63) is 58.6 Å². The molecule has 5 N–H and O–H groups in total. The molecular formula is C14H14ClN3O. The van der Waals surface area contributed by atoms with Gasteiger partial charge in [0.2, 0.25) is 0 Å². The number of halogens is 1. The number of nitrogens with two attached hydrogens (primary N) is 2. The predicted molar refractivity (Wildman–Crippen MR) is 78.2 cm³/mol. The van der Waals surface area contributed by atoms with E-state index in [9.17, 15) is 4.79 Å². The van der Waals surface area contributed by atoms with Gasteiger partial charge in [0.1, 0.15) is 0 Å². The molecule has 19 heavy (non-hydrogen) atoms. The number of hydrogen-bond donors (Lipinski definition) is 3. The minimum absolute atomic E-state index is 0.372. The summed E-state index contributed by atoms with van der Waals surface area (Å²) in [5.74, 6) is -0.516. The van der Waals surface area contributed by atoms with Crippen molar-refractivity contribution in [3.8, 4) is 0 Å². The summed E-state index contributed by atoms with van der Waals surface area (Å²) in [6, 6.07) is 12.5. The van der Waals surface area contributed by atoms with Crippen LogP contribution in [0, 0.1) is 0 Å². The molecule has 2 rings (SSSR count). The maximum Gasteiger partial charge on any atom is 0.250 e. The number of hydrogen-bond acceptors (Lipinski definition) is 3. The molecule has 0 spiro atoms. The van der Waals surface area contributed by atoms with Crippen LogP contribution in [0.1, 0.15) is 15.9 Å². The molecular weight excluding hydrogens is 262 g/mol. The SMILES string of the molecule is NC(=O)c1cc(Cl)ccc1NCc1cccc(N)c1. The molecule has 2 aromatic carbocycles. The van der Waals surface area contributed by atoms with Crippen LogP contribution < -0.4 is 16.8 Å². The van der Waals surface area contributed by atoms with E-state index in [1.807, 2.05) is 24.3 Å². The lowest BCUT2D eigenvalue weighted by atomic mass is 10.1. The van der Waals surface area contributed by atoms with Crippen molar-refractivity contribution in [1.82, 2.24) is 0 Å². The third kappa shape index (κ3) is 3.39. The van der Waals surface area contributed by atoms with E-state index >= 15 is 0 Å². The molecule has 0 aliphatic rings. The molecule has 0 radical (unpaired) electrons. The van der Waals surface area contributed by atoms with E-state index < -0.39 is 5.91 Å². The van der Waals surface area contributed by atoms with Crippen molar-refractivity contribution in [2.75, 3.05) is 11.1 Å². The number of nitrogens with one attached hydrogen (secondary N) is 1. The Bertz CT molecular complexity index is 613. The molecule has 0 fully saturated rings. The third-order valence-electron chi connectivity index (χ3n) is 2.68. The first-order chi connectivity index (χ1) is 9.06. The summed E-state index contributed by atoms with van der Waals surface area (Å²) in [7, 11) is 0. The van der Waals surface area contributed by atoms with Crippen LogP contribution in [0.5, 0.6) is 0 Å². The second kappa shape index (κ2) is 5.63. The molecule has 0 saturated carbocycles.